The van der Waals surface area contributed by atoms with E-state index in [2.05, 4.69) is 5.18 Å². The highest BCUT2D eigenvalue weighted by Crippen LogP contribution is 2.49. The van der Waals surface area contributed by atoms with Gasteiger partial charge in [0, 0.05) is 22.6 Å². The minimum atomic E-state index is -0.982. The quantitative estimate of drug-likeness (QED) is 0.352. The van der Waals surface area contributed by atoms with Gasteiger partial charge in [0.05, 0.1) is 19.8 Å². The van der Waals surface area contributed by atoms with E-state index in [1.54, 1.807) is 0 Å². The molecular weight excluding hydrogens is 287 g/mol. The fraction of sp³-hybridized carbons (Fsp3) is 1.00. The van der Waals surface area contributed by atoms with Gasteiger partial charge in [-0.3, -0.25) is 5.73 Å². The third-order valence-electron chi connectivity index (χ3n) is 2.74. The van der Waals surface area contributed by atoms with Gasteiger partial charge in [-0.2, -0.15) is 4.91 Å². The van der Waals surface area contributed by atoms with Crippen molar-refractivity contribution < 1.29 is 9.47 Å². The molecule has 1 aliphatic heterocycles. The molecule has 1 saturated carbocycles. The third kappa shape index (κ3) is 2.00. The second-order valence-corrected chi connectivity index (χ2v) is 5.01. The van der Waals surface area contributed by atoms with E-state index in [4.69, 9.17) is 15.2 Å². The monoisotopic (exact) mass is 298 g/mol. The number of hydrogen-bond acceptors (Lipinski definition) is 5. The largest absolute Gasteiger partial charge is 0.329 e. The summed E-state index contributed by atoms with van der Waals surface area (Å²) in [6.07, 6.45) is 0. The van der Waals surface area contributed by atoms with Gasteiger partial charge >= 0.3 is 0 Å². The highest BCUT2D eigenvalue weighted by molar-refractivity contribution is 14.1. The van der Waals surface area contributed by atoms with E-state index < -0.39 is 3.92 Å². The Hall–Kier alpha value is 0.210. The first-order chi connectivity index (χ1) is 6.14. The second-order valence-electron chi connectivity index (χ2n) is 3.51. The van der Waals surface area contributed by atoms with E-state index in [9.17, 15) is 4.91 Å². The molecule has 0 aromatic heterocycles. The van der Waals surface area contributed by atoms with Crippen molar-refractivity contribution in [3.8, 4) is 0 Å². The molecule has 0 amide bonds. The summed E-state index contributed by atoms with van der Waals surface area (Å²) < 4.78 is 9.66. The van der Waals surface area contributed by atoms with Crippen molar-refractivity contribution in [2.45, 2.75) is 3.92 Å². The van der Waals surface area contributed by atoms with Crippen molar-refractivity contribution in [2.24, 2.45) is 28.7 Å². The molecule has 1 saturated heterocycles. The minimum Gasteiger partial charge on any atom is -0.329 e. The summed E-state index contributed by atoms with van der Waals surface area (Å²) in [4.78, 5) is 10.1. The molecule has 5 nitrogen and oxygen atoms in total. The molecule has 0 aromatic carbocycles. The fourth-order valence-electron chi connectivity index (χ4n) is 1.84. The number of halogens is 1. The van der Waals surface area contributed by atoms with Gasteiger partial charge in [0.2, 0.25) is 0 Å². The second kappa shape index (κ2) is 3.41. The van der Waals surface area contributed by atoms with Crippen LogP contribution in [-0.2, 0) is 9.47 Å². The van der Waals surface area contributed by atoms with Crippen LogP contribution in [-0.4, -0.2) is 23.7 Å². The van der Waals surface area contributed by atoms with Crippen LogP contribution in [0.2, 0.25) is 0 Å². The first kappa shape index (κ1) is 9.75. The molecule has 13 heavy (non-hydrogen) atoms. The lowest BCUT2D eigenvalue weighted by Crippen LogP contribution is -2.39. The lowest BCUT2D eigenvalue weighted by molar-refractivity contribution is -0.146. The maximum Gasteiger partial charge on any atom is 0.279 e. The van der Waals surface area contributed by atoms with Gasteiger partial charge in [0.15, 0.2) is 0 Å². The van der Waals surface area contributed by atoms with Gasteiger partial charge in [0.1, 0.15) is 0 Å². The van der Waals surface area contributed by atoms with Crippen molar-refractivity contribution >= 4 is 22.6 Å². The first-order valence-corrected chi connectivity index (χ1v) is 5.27. The van der Waals surface area contributed by atoms with Crippen LogP contribution in [0.3, 0.4) is 0 Å². The molecule has 0 radical (unpaired) electrons. The van der Waals surface area contributed by atoms with Crippen LogP contribution in [0.1, 0.15) is 0 Å². The summed E-state index contributed by atoms with van der Waals surface area (Å²) in [6, 6.07) is 0. The highest BCUT2D eigenvalue weighted by atomic mass is 127. The van der Waals surface area contributed by atoms with Crippen LogP contribution in [0.4, 0.5) is 0 Å². The lowest BCUT2D eigenvalue weighted by atomic mass is 10.3. The average Bonchev–Trinajstić information content (AvgIpc) is 2.74. The average molecular weight is 298 g/mol. The molecule has 2 N–H and O–H groups in total. The number of rotatable bonds is 2. The Balaban J connectivity index is 1.89. The van der Waals surface area contributed by atoms with Crippen molar-refractivity contribution in [1.29, 1.82) is 0 Å². The van der Waals surface area contributed by atoms with Gasteiger partial charge < -0.3 is 9.47 Å². The highest BCUT2D eigenvalue weighted by Gasteiger charge is 2.53. The van der Waals surface area contributed by atoms with Crippen LogP contribution >= 0.6 is 22.6 Å². The van der Waals surface area contributed by atoms with Crippen molar-refractivity contribution in [3.63, 3.8) is 0 Å². The minimum absolute atomic E-state index is 0.352. The summed E-state index contributed by atoms with van der Waals surface area (Å²) in [5.74, 6) is 1.18. The zero-order valence-corrected chi connectivity index (χ0v) is 9.14. The van der Waals surface area contributed by atoms with Gasteiger partial charge in [-0.15, -0.1) is 0 Å². The topological polar surface area (TPSA) is 73.9 Å². The Labute approximate surface area is 89.4 Å². The Kier molecular flexibility index (Phi) is 2.56. The lowest BCUT2D eigenvalue weighted by Gasteiger charge is -2.21. The SMILES string of the molecule is NC1(I)OCC2C(CN=O)C2CO1. The molecule has 2 fully saturated rings. The summed E-state index contributed by atoms with van der Waals surface area (Å²) in [7, 11) is 0. The number of ether oxygens (including phenoxy) is 2. The van der Waals surface area contributed by atoms with Crippen LogP contribution in [0.15, 0.2) is 5.18 Å². The molecule has 1 heterocycles. The maximum atomic E-state index is 10.1. The van der Waals surface area contributed by atoms with Gasteiger partial charge in [-0.05, 0) is 17.8 Å². The number of hydrogen-bond donors (Lipinski definition) is 1. The predicted molar refractivity (Wildman–Crippen MR) is 54.0 cm³/mol. The van der Waals surface area contributed by atoms with Crippen LogP contribution in [0.25, 0.3) is 0 Å². The number of alkyl halides is 1. The first-order valence-electron chi connectivity index (χ1n) is 4.19. The van der Waals surface area contributed by atoms with E-state index in [0.29, 0.717) is 37.5 Å². The molecule has 2 rings (SSSR count). The number of nitroso groups, excluding NO2 is 1. The van der Waals surface area contributed by atoms with Gasteiger partial charge in [-0.25, -0.2) is 0 Å². The van der Waals surface area contributed by atoms with Crippen LogP contribution in [0.5, 0.6) is 0 Å². The Bertz CT molecular complexity index is 208. The molecule has 2 atom stereocenters. The Morgan fingerprint density at radius 1 is 1.46 bits per heavy atom. The smallest absolute Gasteiger partial charge is 0.279 e. The molecule has 2 aliphatic rings. The summed E-state index contributed by atoms with van der Waals surface area (Å²) >= 11 is 1.92. The Morgan fingerprint density at radius 3 is 2.46 bits per heavy atom. The maximum absolute atomic E-state index is 10.1. The molecule has 74 valence electrons. The van der Waals surface area contributed by atoms with Crippen molar-refractivity contribution in [1.82, 2.24) is 0 Å². The van der Waals surface area contributed by atoms with Crippen molar-refractivity contribution in [3.05, 3.63) is 4.91 Å². The zero-order chi connectivity index (χ0) is 9.47. The van der Waals surface area contributed by atoms with Gasteiger partial charge in [-0.1, -0.05) is 5.18 Å². The standard InChI is InChI=1S/C7H11IN2O3/c8-7(9)12-2-5-4(1-10-11)6(5)3-13-7/h4-6H,1-3,9H2. The van der Waals surface area contributed by atoms with E-state index in [1.165, 1.54) is 0 Å². The van der Waals surface area contributed by atoms with E-state index in [1.807, 2.05) is 22.6 Å². The van der Waals surface area contributed by atoms with Crippen LogP contribution < -0.4 is 5.73 Å². The fourth-order valence-corrected chi connectivity index (χ4v) is 2.20. The predicted octanol–water partition coefficient (Wildman–Crippen LogP) is 0.667. The summed E-state index contributed by atoms with van der Waals surface area (Å²) in [5, 5.41) is 2.89. The number of nitrogens with zero attached hydrogens (tertiary/aromatic N) is 1. The van der Waals surface area contributed by atoms with E-state index in [0.717, 1.165) is 0 Å². The molecular formula is C7H11IN2O3. The number of nitrogens with two attached hydrogens (primary N) is 1. The zero-order valence-electron chi connectivity index (χ0n) is 6.98. The van der Waals surface area contributed by atoms with E-state index in [-0.39, 0.29) is 0 Å². The van der Waals surface area contributed by atoms with Gasteiger partial charge in [0.25, 0.3) is 3.92 Å². The van der Waals surface area contributed by atoms with E-state index >= 15 is 0 Å². The molecule has 0 aromatic rings. The molecule has 2 unspecified atom stereocenters. The Morgan fingerprint density at radius 2 is 2.00 bits per heavy atom. The van der Waals surface area contributed by atoms with Crippen molar-refractivity contribution in [2.75, 3.05) is 19.8 Å². The summed E-state index contributed by atoms with van der Waals surface area (Å²) in [5.41, 5.74) is 5.64. The molecule has 0 bridgehead atoms. The molecule has 0 spiro atoms. The normalized spacial score (nSPS) is 49.2. The third-order valence-corrected chi connectivity index (χ3v) is 3.36. The molecule has 1 aliphatic carbocycles. The summed E-state index contributed by atoms with van der Waals surface area (Å²) in [6.45, 7) is 1.52. The molecule has 6 heteroatoms. The van der Waals surface area contributed by atoms with Crippen LogP contribution in [0, 0.1) is 22.7 Å². The number of fused-ring (bicyclic) bond motifs is 1.